The number of H-pyrrole nitrogens is 2. The third-order valence-corrected chi connectivity index (χ3v) is 4.35. The minimum absolute atomic E-state index is 0.727. The number of nitrogen functional groups attached to an aromatic ring is 1. The fraction of sp³-hybridized carbons (Fsp3) is 0.0667. The Morgan fingerprint density at radius 3 is 2.95 bits per heavy atom. The molecule has 2 heterocycles. The highest BCUT2D eigenvalue weighted by Crippen LogP contribution is 2.34. The molecule has 6 heteroatoms. The van der Waals surface area contributed by atoms with Crippen LogP contribution in [0.5, 0.6) is 0 Å². The summed E-state index contributed by atoms with van der Waals surface area (Å²) >= 11 is 1.52. The Morgan fingerprint density at radius 1 is 1.14 bits per heavy atom. The molecule has 4 aromatic rings. The van der Waals surface area contributed by atoms with E-state index in [-0.39, 0.29) is 0 Å². The van der Waals surface area contributed by atoms with Gasteiger partial charge in [-0.15, -0.1) is 0 Å². The maximum Gasteiger partial charge on any atom is 0.171 e. The van der Waals surface area contributed by atoms with E-state index in [1.807, 2.05) is 18.2 Å². The molecule has 0 spiro atoms. The van der Waals surface area contributed by atoms with Crippen molar-refractivity contribution < 1.29 is 0 Å². The molecule has 0 aliphatic heterocycles. The standard InChI is InChI=1S/C15H13N5S/c1-8-2-3-11-13(4-8)19-15(18-11)21-14-6-12-9(5-10(14)16)7-17-20-12/h2-7H,16H2,1H3,(H,17,20)(H,18,19). The quantitative estimate of drug-likeness (QED) is 0.494. The first kappa shape index (κ1) is 12.3. The predicted molar refractivity (Wildman–Crippen MR) is 85.5 cm³/mol. The Hall–Kier alpha value is -2.47. The third-order valence-electron chi connectivity index (χ3n) is 3.39. The lowest BCUT2D eigenvalue weighted by Gasteiger charge is -2.03. The lowest BCUT2D eigenvalue weighted by atomic mass is 10.2. The van der Waals surface area contributed by atoms with Crippen molar-refractivity contribution >= 4 is 39.4 Å². The molecular weight excluding hydrogens is 282 g/mol. The van der Waals surface area contributed by atoms with Gasteiger partial charge in [-0.1, -0.05) is 6.07 Å². The fourth-order valence-electron chi connectivity index (χ4n) is 2.33. The summed E-state index contributed by atoms with van der Waals surface area (Å²) in [5, 5.41) is 8.82. The van der Waals surface area contributed by atoms with Crippen molar-refractivity contribution in [3.8, 4) is 0 Å². The molecule has 5 nitrogen and oxygen atoms in total. The first-order valence-electron chi connectivity index (χ1n) is 6.56. The zero-order valence-corrected chi connectivity index (χ0v) is 12.2. The van der Waals surface area contributed by atoms with E-state index >= 15 is 0 Å². The molecule has 0 atom stereocenters. The van der Waals surface area contributed by atoms with E-state index in [4.69, 9.17) is 5.73 Å². The molecule has 2 aromatic heterocycles. The molecule has 0 saturated carbocycles. The van der Waals surface area contributed by atoms with E-state index in [9.17, 15) is 0 Å². The Morgan fingerprint density at radius 2 is 2.05 bits per heavy atom. The zero-order valence-electron chi connectivity index (χ0n) is 11.3. The number of aromatic nitrogens is 4. The van der Waals surface area contributed by atoms with E-state index in [0.717, 1.165) is 37.7 Å². The van der Waals surface area contributed by atoms with Gasteiger partial charge in [0.15, 0.2) is 5.16 Å². The van der Waals surface area contributed by atoms with Gasteiger partial charge in [-0.3, -0.25) is 5.10 Å². The molecule has 0 radical (unpaired) electrons. The van der Waals surface area contributed by atoms with Crippen LogP contribution in [-0.4, -0.2) is 20.2 Å². The maximum atomic E-state index is 6.11. The van der Waals surface area contributed by atoms with E-state index in [2.05, 4.69) is 39.2 Å². The summed E-state index contributed by atoms with van der Waals surface area (Å²) in [6, 6.07) is 10.1. The highest BCUT2D eigenvalue weighted by atomic mass is 32.2. The molecule has 104 valence electrons. The molecule has 0 aliphatic rings. The summed E-state index contributed by atoms with van der Waals surface area (Å²) in [4.78, 5) is 8.87. The first-order valence-corrected chi connectivity index (χ1v) is 7.37. The highest BCUT2D eigenvalue weighted by molar-refractivity contribution is 7.99. The van der Waals surface area contributed by atoms with Gasteiger partial charge in [-0.25, -0.2) is 4.98 Å². The number of nitrogens with two attached hydrogens (primary N) is 1. The van der Waals surface area contributed by atoms with Crippen LogP contribution in [0.2, 0.25) is 0 Å². The van der Waals surface area contributed by atoms with E-state index < -0.39 is 0 Å². The summed E-state index contributed by atoms with van der Waals surface area (Å²) in [7, 11) is 0. The van der Waals surface area contributed by atoms with Gasteiger partial charge in [0.25, 0.3) is 0 Å². The molecule has 0 unspecified atom stereocenters. The van der Waals surface area contributed by atoms with Crippen molar-refractivity contribution in [3.63, 3.8) is 0 Å². The van der Waals surface area contributed by atoms with Crippen LogP contribution in [0.4, 0.5) is 5.69 Å². The van der Waals surface area contributed by atoms with Crippen molar-refractivity contribution in [3.05, 3.63) is 42.1 Å². The molecular formula is C15H13N5S. The van der Waals surface area contributed by atoms with Crippen LogP contribution in [0.15, 0.2) is 46.6 Å². The summed E-state index contributed by atoms with van der Waals surface area (Å²) < 4.78 is 0. The molecule has 0 bridgehead atoms. The predicted octanol–water partition coefficient (Wildman–Crippen LogP) is 3.48. The first-order chi connectivity index (χ1) is 10.2. The van der Waals surface area contributed by atoms with Crippen LogP contribution in [0.1, 0.15) is 5.56 Å². The number of nitrogens with one attached hydrogen (secondary N) is 2. The van der Waals surface area contributed by atoms with Crippen LogP contribution < -0.4 is 5.73 Å². The number of benzene rings is 2. The van der Waals surface area contributed by atoms with Gasteiger partial charge < -0.3 is 10.7 Å². The zero-order chi connectivity index (χ0) is 14.4. The average Bonchev–Trinajstić information content (AvgIpc) is 3.04. The molecule has 0 fully saturated rings. The summed E-state index contributed by atoms with van der Waals surface area (Å²) in [5.41, 5.74) is 11.0. The van der Waals surface area contributed by atoms with Crippen LogP contribution in [-0.2, 0) is 0 Å². The fourth-order valence-corrected chi connectivity index (χ4v) is 3.20. The summed E-state index contributed by atoms with van der Waals surface area (Å²) in [6.45, 7) is 2.07. The smallest absolute Gasteiger partial charge is 0.171 e. The monoisotopic (exact) mass is 295 g/mol. The van der Waals surface area contributed by atoms with E-state index in [1.54, 1.807) is 6.20 Å². The van der Waals surface area contributed by atoms with Gasteiger partial charge in [0.05, 0.1) is 22.7 Å². The molecule has 2 aromatic carbocycles. The number of nitrogens with zero attached hydrogens (tertiary/aromatic N) is 2. The topological polar surface area (TPSA) is 83.4 Å². The van der Waals surface area contributed by atoms with Crippen LogP contribution in [0.3, 0.4) is 0 Å². The lowest BCUT2D eigenvalue weighted by Crippen LogP contribution is -1.88. The average molecular weight is 295 g/mol. The van der Waals surface area contributed by atoms with E-state index in [1.165, 1.54) is 17.3 Å². The molecule has 4 rings (SSSR count). The largest absolute Gasteiger partial charge is 0.398 e. The third kappa shape index (κ3) is 2.13. The van der Waals surface area contributed by atoms with Crippen LogP contribution in [0.25, 0.3) is 21.9 Å². The Bertz CT molecular complexity index is 953. The highest BCUT2D eigenvalue weighted by Gasteiger charge is 2.09. The number of rotatable bonds is 2. The molecule has 4 N–H and O–H groups in total. The summed E-state index contributed by atoms with van der Waals surface area (Å²) in [5.74, 6) is 0. The van der Waals surface area contributed by atoms with Crippen molar-refractivity contribution in [2.24, 2.45) is 0 Å². The van der Waals surface area contributed by atoms with Gasteiger partial charge in [0.2, 0.25) is 0 Å². The number of hydrogen-bond acceptors (Lipinski definition) is 4. The molecule has 0 aliphatic carbocycles. The Kier molecular flexibility index (Phi) is 2.65. The lowest BCUT2D eigenvalue weighted by molar-refractivity contribution is 1.08. The Labute approximate surface area is 125 Å². The van der Waals surface area contributed by atoms with Crippen LogP contribution in [0, 0.1) is 6.92 Å². The maximum absolute atomic E-state index is 6.11. The Balaban J connectivity index is 1.76. The van der Waals surface area contributed by atoms with Gasteiger partial charge in [-0.05, 0) is 48.5 Å². The number of imidazole rings is 1. The molecule has 21 heavy (non-hydrogen) atoms. The molecule has 0 amide bonds. The van der Waals surface area contributed by atoms with Gasteiger partial charge in [0, 0.05) is 16.0 Å². The van der Waals surface area contributed by atoms with Crippen molar-refractivity contribution in [2.45, 2.75) is 17.0 Å². The molecule has 0 saturated heterocycles. The van der Waals surface area contributed by atoms with Crippen molar-refractivity contribution in [1.29, 1.82) is 0 Å². The second-order valence-electron chi connectivity index (χ2n) is 5.01. The minimum atomic E-state index is 0.727. The van der Waals surface area contributed by atoms with Crippen LogP contribution >= 0.6 is 11.8 Å². The number of anilines is 1. The normalized spacial score (nSPS) is 11.5. The van der Waals surface area contributed by atoms with Crippen molar-refractivity contribution in [1.82, 2.24) is 20.2 Å². The second kappa shape index (κ2) is 4.53. The number of aryl methyl sites for hydroxylation is 1. The summed E-state index contributed by atoms with van der Waals surface area (Å²) in [6.07, 6.45) is 1.77. The van der Waals surface area contributed by atoms with Crippen molar-refractivity contribution in [2.75, 3.05) is 5.73 Å². The van der Waals surface area contributed by atoms with Gasteiger partial charge >= 0.3 is 0 Å². The number of hydrogen-bond donors (Lipinski definition) is 3. The van der Waals surface area contributed by atoms with Gasteiger partial charge in [-0.2, -0.15) is 5.10 Å². The minimum Gasteiger partial charge on any atom is -0.398 e. The van der Waals surface area contributed by atoms with Gasteiger partial charge in [0.1, 0.15) is 0 Å². The number of aromatic amines is 2. The second-order valence-corrected chi connectivity index (χ2v) is 6.04. The SMILES string of the molecule is Cc1ccc2nc(Sc3cc4[nH]ncc4cc3N)[nH]c2c1. The number of fused-ring (bicyclic) bond motifs is 2. The van der Waals surface area contributed by atoms with E-state index in [0.29, 0.717) is 0 Å².